The molecular weight excluding hydrogens is 243 g/mol. The third-order valence-corrected chi connectivity index (χ3v) is 2.83. The monoisotopic (exact) mass is 257 g/mol. The molecule has 1 aromatic carbocycles. The lowest BCUT2D eigenvalue weighted by atomic mass is 10.1. The number of amidine groups is 1. The summed E-state index contributed by atoms with van der Waals surface area (Å²) in [7, 11) is 0. The molecule has 1 heterocycles. The van der Waals surface area contributed by atoms with E-state index in [1.54, 1.807) is 6.07 Å². The number of anilines is 1. The molecule has 0 aliphatic carbocycles. The zero-order valence-corrected chi connectivity index (χ0v) is 9.93. The van der Waals surface area contributed by atoms with E-state index >= 15 is 0 Å². The highest BCUT2D eigenvalue weighted by Crippen LogP contribution is 2.34. The standard InChI is InChI=1S/C12H14F3N3/c1-8-9(12(13,14)15)3-2-4-10(8)18-7-11-16-5-6-17-11/h2-4,18H,5-7H2,1H3,(H,16,17). The largest absolute Gasteiger partial charge is 0.416 e. The van der Waals surface area contributed by atoms with Crippen molar-refractivity contribution in [2.75, 3.05) is 25.0 Å². The average molecular weight is 257 g/mol. The highest BCUT2D eigenvalue weighted by molar-refractivity contribution is 5.87. The molecular formula is C12H14F3N3. The Hall–Kier alpha value is -1.72. The highest BCUT2D eigenvalue weighted by atomic mass is 19.4. The number of hydrogen-bond acceptors (Lipinski definition) is 3. The van der Waals surface area contributed by atoms with Crippen LogP contribution in [0.4, 0.5) is 18.9 Å². The second-order valence-electron chi connectivity index (χ2n) is 4.08. The van der Waals surface area contributed by atoms with Crippen LogP contribution in [-0.4, -0.2) is 25.5 Å². The van der Waals surface area contributed by atoms with Crippen molar-refractivity contribution in [2.45, 2.75) is 13.1 Å². The molecule has 0 aromatic heterocycles. The van der Waals surface area contributed by atoms with Gasteiger partial charge in [0.25, 0.3) is 0 Å². The maximum absolute atomic E-state index is 12.7. The molecule has 2 N–H and O–H groups in total. The summed E-state index contributed by atoms with van der Waals surface area (Å²) < 4.78 is 38.1. The van der Waals surface area contributed by atoms with Gasteiger partial charge >= 0.3 is 6.18 Å². The summed E-state index contributed by atoms with van der Waals surface area (Å²) in [4.78, 5) is 4.17. The fraction of sp³-hybridized carbons (Fsp3) is 0.417. The first-order chi connectivity index (χ1) is 8.48. The van der Waals surface area contributed by atoms with Crippen LogP contribution in [0.1, 0.15) is 11.1 Å². The van der Waals surface area contributed by atoms with E-state index in [-0.39, 0.29) is 5.56 Å². The van der Waals surface area contributed by atoms with Crippen LogP contribution in [-0.2, 0) is 6.18 Å². The van der Waals surface area contributed by atoms with Crippen LogP contribution in [0.5, 0.6) is 0 Å². The van der Waals surface area contributed by atoms with Gasteiger partial charge < -0.3 is 10.6 Å². The van der Waals surface area contributed by atoms with Gasteiger partial charge in [-0.25, -0.2) is 0 Å². The summed E-state index contributed by atoms with van der Waals surface area (Å²) in [5.74, 6) is 0.784. The summed E-state index contributed by atoms with van der Waals surface area (Å²) in [6.07, 6.45) is -4.31. The fourth-order valence-corrected chi connectivity index (χ4v) is 1.88. The lowest BCUT2D eigenvalue weighted by Crippen LogP contribution is -2.26. The van der Waals surface area contributed by atoms with E-state index in [0.717, 1.165) is 25.0 Å². The smallest absolute Gasteiger partial charge is 0.378 e. The Morgan fingerprint density at radius 1 is 1.39 bits per heavy atom. The number of alkyl halides is 3. The summed E-state index contributed by atoms with van der Waals surface area (Å²) in [5, 5.41) is 6.03. The van der Waals surface area contributed by atoms with E-state index in [2.05, 4.69) is 15.6 Å². The molecule has 98 valence electrons. The maximum Gasteiger partial charge on any atom is 0.416 e. The van der Waals surface area contributed by atoms with Crippen molar-refractivity contribution in [2.24, 2.45) is 4.99 Å². The molecule has 0 bridgehead atoms. The Balaban J connectivity index is 2.13. The Kier molecular flexibility index (Phi) is 3.45. The minimum absolute atomic E-state index is 0.212. The molecule has 0 saturated carbocycles. The predicted octanol–water partition coefficient (Wildman–Crippen LogP) is 2.43. The molecule has 18 heavy (non-hydrogen) atoms. The molecule has 0 radical (unpaired) electrons. The van der Waals surface area contributed by atoms with Crippen LogP contribution in [0.15, 0.2) is 23.2 Å². The highest BCUT2D eigenvalue weighted by Gasteiger charge is 2.32. The molecule has 0 unspecified atom stereocenters. The SMILES string of the molecule is Cc1c(NCC2=NCCN2)cccc1C(F)(F)F. The van der Waals surface area contributed by atoms with Crippen LogP contribution in [0, 0.1) is 6.92 Å². The van der Waals surface area contributed by atoms with Gasteiger partial charge in [-0.1, -0.05) is 6.07 Å². The zero-order valence-electron chi connectivity index (χ0n) is 9.93. The molecule has 0 amide bonds. The molecule has 6 heteroatoms. The Labute approximate surface area is 103 Å². The number of nitrogens with one attached hydrogen (secondary N) is 2. The molecule has 1 aromatic rings. The molecule has 1 aliphatic heterocycles. The second kappa shape index (κ2) is 4.88. The number of rotatable bonds is 3. The summed E-state index contributed by atoms with van der Waals surface area (Å²) in [6.45, 7) is 3.40. The topological polar surface area (TPSA) is 36.4 Å². The van der Waals surface area contributed by atoms with Gasteiger partial charge in [0.15, 0.2) is 0 Å². The van der Waals surface area contributed by atoms with E-state index in [0.29, 0.717) is 12.2 Å². The first-order valence-electron chi connectivity index (χ1n) is 5.66. The minimum Gasteiger partial charge on any atom is -0.378 e. The predicted molar refractivity (Wildman–Crippen MR) is 65.0 cm³/mol. The van der Waals surface area contributed by atoms with Gasteiger partial charge in [0.05, 0.1) is 18.7 Å². The Morgan fingerprint density at radius 3 is 2.78 bits per heavy atom. The summed E-state index contributed by atoms with van der Waals surface area (Å²) in [6, 6.07) is 4.13. The molecule has 3 nitrogen and oxygen atoms in total. The lowest BCUT2D eigenvalue weighted by Gasteiger charge is -2.15. The molecule has 0 spiro atoms. The van der Waals surface area contributed by atoms with Gasteiger partial charge in [-0.15, -0.1) is 0 Å². The Morgan fingerprint density at radius 2 is 2.17 bits per heavy atom. The van der Waals surface area contributed by atoms with Crippen LogP contribution in [0.3, 0.4) is 0 Å². The number of nitrogens with zero attached hydrogens (tertiary/aromatic N) is 1. The molecule has 0 atom stereocenters. The van der Waals surface area contributed by atoms with E-state index < -0.39 is 11.7 Å². The van der Waals surface area contributed by atoms with Crippen molar-refractivity contribution < 1.29 is 13.2 Å². The molecule has 1 aliphatic rings. The van der Waals surface area contributed by atoms with E-state index in [1.807, 2.05) is 0 Å². The lowest BCUT2D eigenvalue weighted by molar-refractivity contribution is -0.138. The van der Waals surface area contributed by atoms with Gasteiger partial charge in [0.2, 0.25) is 0 Å². The van der Waals surface area contributed by atoms with E-state index in [4.69, 9.17) is 0 Å². The van der Waals surface area contributed by atoms with Gasteiger partial charge in [0.1, 0.15) is 5.84 Å². The normalized spacial score (nSPS) is 15.2. The van der Waals surface area contributed by atoms with E-state index in [1.165, 1.54) is 13.0 Å². The maximum atomic E-state index is 12.7. The number of hydrogen-bond donors (Lipinski definition) is 2. The second-order valence-corrected chi connectivity index (χ2v) is 4.08. The molecule has 0 saturated heterocycles. The summed E-state index contributed by atoms with van der Waals surface area (Å²) >= 11 is 0. The van der Waals surface area contributed by atoms with Crippen molar-refractivity contribution in [3.05, 3.63) is 29.3 Å². The number of benzene rings is 1. The van der Waals surface area contributed by atoms with Crippen molar-refractivity contribution in [3.8, 4) is 0 Å². The zero-order chi connectivity index (χ0) is 13.2. The Bertz CT molecular complexity index is 466. The molecule has 2 rings (SSSR count). The van der Waals surface area contributed by atoms with Crippen LogP contribution in [0.25, 0.3) is 0 Å². The van der Waals surface area contributed by atoms with Crippen LogP contribution < -0.4 is 10.6 Å². The first-order valence-corrected chi connectivity index (χ1v) is 5.66. The van der Waals surface area contributed by atoms with Gasteiger partial charge in [-0.05, 0) is 24.6 Å². The fourth-order valence-electron chi connectivity index (χ4n) is 1.88. The minimum atomic E-state index is -4.31. The van der Waals surface area contributed by atoms with Crippen molar-refractivity contribution >= 4 is 11.5 Å². The van der Waals surface area contributed by atoms with Gasteiger partial charge in [0, 0.05) is 12.2 Å². The number of halogens is 3. The van der Waals surface area contributed by atoms with Crippen LogP contribution >= 0.6 is 0 Å². The van der Waals surface area contributed by atoms with Crippen molar-refractivity contribution in [3.63, 3.8) is 0 Å². The third-order valence-electron chi connectivity index (χ3n) is 2.83. The average Bonchev–Trinajstić information content (AvgIpc) is 2.79. The summed E-state index contributed by atoms with van der Waals surface area (Å²) in [5.41, 5.74) is 0.0960. The number of aliphatic imine (C=N–C) groups is 1. The first kappa shape index (κ1) is 12.7. The van der Waals surface area contributed by atoms with Gasteiger partial charge in [-0.2, -0.15) is 13.2 Å². The van der Waals surface area contributed by atoms with E-state index in [9.17, 15) is 13.2 Å². The van der Waals surface area contributed by atoms with Crippen LogP contribution in [0.2, 0.25) is 0 Å². The van der Waals surface area contributed by atoms with Gasteiger partial charge in [-0.3, -0.25) is 4.99 Å². The molecule has 0 fully saturated rings. The third kappa shape index (κ3) is 2.75. The quantitative estimate of drug-likeness (QED) is 0.872. The van der Waals surface area contributed by atoms with Crippen molar-refractivity contribution in [1.82, 2.24) is 5.32 Å². The van der Waals surface area contributed by atoms with Crippen molar-refractivity contribution in [1.29, 1.82) is 0 Å².